The average molecular weight is 606 g/mol. The highest BCUT2D eigenvalue weighted by Crippen LogP contribution is 2.35. The van der Waals surface area contributed by atoms with Gasteiger partial charge in [-0.25, -0.2) is 9.79 Å². The van der Waals surface area contributed by atoms with Crippen molar-refractivity contribution >= 4 is 40.8 Å². The van der Waals surface area contributed by atoms with Gasteiger partial charge >= 0.3 is 5.97 Å². The molecule has 0 fully saturated rings. The number of nitrogens with zero attached hydrogens (tertiary/aromatic N) is 3. The summed E-state index contributed by atoms with van der Waals surface area (Å²) in [5.41, 5.74) is 1.27. The molecule has 1 aliphatic rings. The van der Waals surface area contributed by atoms with Gasteiger partial charge in [-0.2, -0.15) is 0 Å². The van der Waals surface area contributed by atoms with Crippen molar-refractivity contribution in [2.24, 2.45) is 4.99 Å². The molecule has 42 heavy (non-hydrogen) atoms. The number of methoxy groups -OCH3 is 1. The van der Waals surface area contributed by atoms with Crippen molar-refractivity contribution in [3.8, 4) is 17.1 Å². The predicted molar refractivity (Wildman–Crippen MR) is 161 cm³/mol. The zero-order valence-corrected chi connectivity index (χ0v) is 25.1. The highest BCUT2D eigenvalue weighted by atomic mass is 32.2. The van der Waals surface area contributed by atoms with Crippen LogP contribution in [0.25, 0.3) is 17.4 Å². The first-order valence-corrected chi connectivity index (χ1v) is 15.0. The standard InChI is InChI=1S/C30H27N3O7S2/c1-16(2)39-29(35)26-17(3)31-30-32(27(26)18-6-10-21(41-5)11-7-18)28(34)25(42-30)15-20-9-13-24(40-20)22-12-8-19(38-4)14-23(22)33(36)37/h6-16,27H,1-5H3/b25-15-/t27-/m1/s1. The number of hydrogen-bond donors (Lipinski definition) is 0. The number of allylic oxidation sites excluding steroid dienone is 1. The SMILES string of the molecule is COc1ccc(-c2ccc(/C=c3\sc4n(c3=O)[C@H](c3ccc(SC)cc3)C(C(=O)OC(C)C)=C(C)N=4)o2)c([N+](=O)[O-])c1. The number of carbonyl (C=O) groups is 1. The van der Waals surface area contributed by atoms with Gasteiger partial charge in [0, 0.05) is 11.0 Å². The Hall–Kier alpha value is -4.42. The van der Waals surface area contributed by atoms with Crippen LogP contribution in [0.15, 0.2) is 85.0 Å². The molecule has 1 atom stereocenters. The molecule has 0 saturated heterocycles. The van der Waals surface area contributed by atoms with Crippen LogP contribution in [0.2, 0.25) is 0 Å². The number of carbonyl (C=O) groups excluding carboxylic acids is 1. The maximum Gasteiger partial charge on any atom is 0.338 e. The van der Waals surface area contributed by atoms with E-state index in [-0.39, 0.29) is 28.7 Å². The van der Waals surface area contributed by atoms with Gasteiger partial charge in [0.2, 0.25) is 0 Å². The lowest BCUT2D eigenvalue weighted by atomic mass is 9.96. The summed E-state index contributed by atoms with van der Waals surface area (Å²) in [4.78, 5) is 44.4. The van der Waals surface area contributed by atoms with Crippen molar-refractivity contribution < 1.29 is 23.6 Å². The second-order valence-corrected chi connectivity index (χ2v) is 11.5. The van der Waals surface area contributed by atoms with E-state index in [1.54, 1.807) is 62.9 Å². The van der Waals surface area contributed by atoms with Crippen molar-refractivity contribution in [1.29, 1.82) is 0 Å². The van der Waals surface area contributed by atoms with E-state index in [9.17, 15) is 19.7 Å². The molecule has 1 aliphatic heterocycles. The summed E-state index contributed by atoms with van der Waals surface area (Å²) in [7, 11) is 1.43. The molecule has 0 unspecified atom stereocenters. The molecular weight excluding hydrogens is 578 g/mol. The molecule has 0 spiro atoms. The van der Waals surface area contributed by atoms with Gasteiger partial charge in [-0.15, -0.1) is 11.8 Å². The molecule has 216 valence electrons. The Bertz CT molecular complexity index is 1900. The Morgan fingerprint density at radius 1 is 1.19 bits per heavy atom. The van der Waals surface area contributed by atoms with Gasteiger partial charge in [-0.3, -0.25) is 19.5 Å². The first-order valence-electron chi connectivity index (χ1n) is 12.9. The lowest BCUT2D eigenvalue weighted by molar-refractivity contribution is -0.384. The van der Waals surface area contributed by atoms with Gasteiger partial charge in [0.1, 0.15) is 17.3 Å². The highest BCUT2D eigenvalue weighted by Gasteiger charge is 2.34. The number of nitro groups is 1. The zero-order chi connectivity index (χ0) is 30.1. The van der Waals surface area contributed by atoms with Crippen LogP contribution >= 0.6 is 23.1 Å². The van der Waals surface area contributed by atoms with Gasteiger partial charge in [0.25, 0.3) is 11.2 Å². The normalized spacial score (nSPS) is 15.0. The van der Waals surface area contributed by atoms with Crippen LogP contribution in [-0.2, 0) is 9.53 Å². The van der Waals surface area contributed by atoms with Crippen LogP contribution < -0.4 is 19.6 Å². The third-order valence-corrected chi connectivity index (χ3v) is 8.31. The molecule has 4 aromatic rings. The number of aromatic nitrogens is 1. The molecular formula is C30H27N3O7S2. The number of benzene rings is 2. The van der Waals surface area contributed by atoms with Crippen LogP contribution in [0.5, 0.6) is 5.75 Å². The van der Waals surface area contributed by atoms with Gasteiger partial charge < -0.3 is 13.9 Å². The van der Waals surface area contributed by atoms with E-state index in [1.165, 1.54) is 29.1 Å². The molecule has 2 aromatic carbocycles. The number of nitro benzene ring substituents is 1. The van der Waals surface area contributed by atoms with Crippen LogP contribution in [0.3, 0.4) is 0 Å². The molecule has 5 rings (SSSR count). The topological polar surface area (TPSA) is 126 Å². The fraction of sp³-hybridized carbons (Fsp3) is 0.233. The summed E-state index contributed by atoms with van der Waals surface area (Å²) in [6, 6.07) is 14.7. The van der Waals surface area contributed by atoms with Crippen molar-refractivity contribution in [3.63, 3.8) is 0 Å². The molecule has 0 aliphatic carbocycles. The summed E-state index contributed by atoms with van der Waals surface area (Å²) >= 11 is 2.76. The minimum Gasteiger partial charge on any atom is -0.497 e. The molecule has 0 N–H and O–H groups in total. The van der Waals surface area contributed by atoms with Crippen molar-refractivity contribution in [2.75, 3.05) is 13.4 Å². The monoisotopic (exact) mass is 605 g/mol. The van der Waals surface area contributed by atoms with Crippen LogP contribution in [-0.4, -0.2) is 34.9 Å². The summed E-state index contributed by atoms with van der Waals surface area (Å²) < 4.78 is 18.4. The van der Waals surface area contributed by atoms with E-state index < -0.39 is 16.9 Å². The van der Waals surface area contributed by atoms with Gasteiger partial charge in [0.05, 0.1) is 51.6 Å². The lowest BCUT2D eigenvalue weighted by Gasteiger charge is -2.25. The Labute approximate surface area is 248 Å². The number of esters is 1. The van der Waals surface area contributed by atoms with Crippen LogP contribution in [0.4, 0.5) is 5.69 Å². The van der Waals surface area contributed by atoms with Gasteiger partial charge in [-0.05, 0) is 69.0 Å². The zero-order valence-electron chi connectivity index (χ0n) is 23.4. The quantitative estimate of drug-likeness (QED) is 0.118. The maximum atomic E-state index is 13.9. The first-order chi connectivity index (χ1) is 20.1. The molecule has 12 heteroatoms. The minimum absolute atomic E-state index is 0.168. The van der Waals surface area contributed by atoms with Crippen molar-refractivity contribution in [2.45, 2.75) is 37.8 Å². The number of fused-ring (bicyclic) bond motifs is 1. The van der Waals surface area contributed by atoms with Crippen LogP contribution in [0.1, 0.15) is 38.1 Å². The molecule has 0 amide bonds. The first kappa shape index (κ1) is 29.1. The number of ether oxygens (including phenoxy) is 2. The third-order valence-electron chi connectivity index (χ3n) is 6.58. The fourth-order valence-electron chi connectivity index (χ4n) is 4.66. The number of hydrogen-bond acceptors (Lipinski definition) is 10. The molecule has 3 heterocycles. The number of thiazole rings is 1. The number of thioether (sulfide) groups is 1. The summed E-state index contributed by atoms with van der Waals surface area (Å²) in [6.45, 7) is 5.27. The second-order valence-electron chi connectivity index (χ2n) is 9.65. The Morgan fingerprint density at radius 2 is 1.93 bits per heavy atom. The smallest absolute Gasteiger partial charge is 0.338 e. The van der Waals surface area contributed by atoms with Crippen LogP contribution in [0, 0.1) is 10.1 Å². The Kier molecular flexibility index (Phi) is 8.19. The summed E-state index contributed by atoms with van der Waals surface area (Å²) in [6.07, 6.45) is 3.19. The lowest BCUT2D eigenvalue weighted by Crippen LogP contribution is -2.40. The largest absolute Gasteiger partial charge is 0.497 e. The van der Waals surface area contributed by atoms with Crippen molar-refractivity contribution in [1.82, 2.24) is 4.57 Å². The van der Waals surface area contributed by atoms with E-state index in [0.29, 0.717) is 32.1 Å². The van der Waals surface area contributed by atoms with E-state index in [2.05, 4.69) is 4.99 Å². The average Bonchev–Trinajstić information content (AvgIpc) is 3.55. The predicted octanol–water partition coefficient (Wildman–Crippen LogP) is 5.09. The van der Waals surface area contributed by atoms with E-state index in [0.717, 1.165) is 10.5 Å². The summed E-state index contributed by atoms with van der Waals surface area (Å²) in [5.74, 6) is 0.417. The Balaban J connectivity index is 1.62. The number of rotatable bonds is 8. The third kappa shape index (κ3) is 5.55. The van der Waals surface area contributed by atoms with Crippen molar-refractivity contribution in [3.05, 3.63) is 107 Å². The molecule has 0 radical (unpaired) electrons. The minimum atomic E-state index is -0.736. The maximum absolute atomic E-state index is 13.9. The Morgan fingerprint density at radius 3 is 2.57 bits per heavy atom. The van der Waals surface area contributed by atoms with E-state index in [1.807, 2.05) is 30.5 Å². The number of furan rings is 1. The molecule has 0 saturated carbocycles. The van der Waals surface area contributed by atoms with E-state index >= 15 is 0 Å². The highest BCUT2D eigenvalue weighted by molar-refractivity contribution is 7.98. The molecule has 10 nitrogen and oxygen atoms in total. The van der Waals surface area contributed by atoms with Gasteiger partial charge in [0.15, 0.2) is 4.80 Å². The second kappa shape index (κ2) is 11.8. The summed E-state index contributed by atoms with van der Waals surface area (Å²) in [5, 5.41) is 11.7. The fourth-order valence-corrected chi connectivity index (χ4v) is 6.10. The van der Waals surface area contributed by atoms with Gasteiger partial charge in [-0.1, -0.05) is 23.5 Å². The molecule has 0 bridgehead atoms. The van der Waals surface area contributed by atoms with E-state index in [4.69, 9.17) is 13.9 Å². The molecule has 2 aromatic heterocycles.